The number of hydrogen-bond donors (Lipinski definition) is 2. The fourth-order valence-electron chi connectivity index (χ4n) is 5.49. The largest absolute Gasteiger partial charge is 0.495 e. The molecule has 0 unspecified atom stereocenters. The molecule has 194 valence electrons. The second kappa shape index (κ2) is 9.66. The highest BCUT2D eigenvalue weighted by atomic mass is 35.5. The highest BCUT2D eigenvalue weighted by Gasteiger charge is 2.51. The summed E-state index contributed by atoms with van der Waals surface area (Å²) in [4.78, 5) is 22.9. The Bertz CT molecular complexity index is 1400. The number of carbonyl (C=O) groups is 1. The first-order valence-corrected chi connectivity index (χ1v) is 15.2. The Morgan fingerprint density at radius 3 is 2.57 bits per heavy atom. The average molecular weight is 540 g/mol. The maximum Gasteiger partial charge on any atom is 0.229 e. The van der Waals surface area contributed by atoms with Gasteiger partial charge in [-0.3, -0.25) is 4.79 Å². The Hall–Kier alpha value is -3.09. The first-order valence-electron chi connectivity index (χ1n) is 12.2. The lowest BCUT2D eigenvalue weighted by Gasteiger charge is -2.45. The van der Waals surface area contributed by atoms with E-state index in [0.29, 0.717) is 40.6 Å². The Morgan fingerprint density at radius 1 is 1.14 bits per heavy atom. The molecule has 1 saturated carbocycles. The summed E-state index contributed by atoms with van der Waals surface area (Å²) < 4.78 is 18.4. The third-order valence-electron chi connectivity index (χ3n) is 7.31. The maximum absolute atomic E-state index is 12.8. The van der Waals surface area contributed by atoms with Crippen LogP contribution in [0.1, 0.15) is 30.7 Å². The molecule has 3 aromatic rings. The summed E-state index contributed by atoms with van der Waals surface area (Å²) in [7, 11) is 0.992. The number of methoxy groups -OCH3 is 1. The summed E-state index contributed by atoms with van der Waals surface area (Å²) in [6.45, 7) is 4.30. The SMILES string of the molecule is COc1ccc(C2CC3(CC(=O)N(C)C3)C2)cc1Nc1ncc(Cl)c(Nc2ccccc2P(C)(C)=O)n1. The maximum atomic E-state index is 12.8. The van der Waals surface area contributed by atoms with Crippen molar-refractivity contribution in [2.24, 2.45) is 5.41 Å². The minimum atomic E-state index is -2.52. The summed E-state index contributed by atoms with van der Waals surface area (Å²) in [5, 5.41) is 7.57. The number of ether oxygens (including phenoxy) is 1. The van der Waals surface area contributed by atoms with Crippen LogP contribution >= 0.6 is 18.7 Å². The van der Waals surface area contributed by atoms with Crippen molar-refractivity contribution in [1.82, 2.24) is 14.9 Å². The molecule has 1 spiro atoms. The molecule has 1 aliphatic carbocycles. The van der Waals surface area contributed by atoms with Crippen LogP contribution in [0.3, 0.4) is 0 Å². The molecule has 37 heavy (non-hydrogen) atoms. The van der Waals surface area contributed by atoms with Gasteiger partial charge in [-0.05, 0) is 67.3 Å². The molecule has 2 fully saturated rings. The first-order chi connectivity index (χ1) is 17.6. The summed E-state index contributed by atoms with van der Waals surface area (Å²) in [6, 6.07) is 13.5. The topological polar surface area (TPSA) is 96.5 Å². The fourth-order valence-corrected chi connectivity index (χ4v) is 6.78. The molecule has 0 atom stereocenters. The van der Waals surface area contributed by atoms with E-state index in [1.54, 1.807) is 20.4 Å². The monoisotopic (exact) mass is 539 g/mol. The van der Waals surface area contributed by atoms with Crippen molar-refractivity contribution in [1.29, 1.82) is 0 Å². The van der Waals surface area contributed by atoms with Crippen molar-refractivity contribution in [3.05, 3.63) is 59.2 Å². The predicted molar refractivity (Wildman–Crippen MR) is 149 cm³/mol. The van der Waals surface area contributed by atoms with Gasteiger partial charge in [-0.25, -0.2) is 4.98 Å². The van der Waals surface area contributed by atoms with Gasteiger partial charge in [0, 0.05) is 25.3 Å². The van der Waals surface area contributed by atoms with Crippen LogP contribution < -0.4 is 20.7 Å². The van der Waals surface area contributed by atoms with Gasteiger partial charge in [0.15, 0.2) is 5.82 Å². The van der Waals surface area contributed by atoms with E-state index in [9.17, 15) is 9.36 Å². The smallest absolute Gasteiger partial charge is 0.229 e. The van der Waals surface area contributed by atoms with E-state index in [0.717, 1.165) is 30.4 Å². The van der Waals surface area contributed by atoms with Crippen LogP contribution in [0, 0.1) is 5.41 Å². The second-order valence-electron chi connectivity index (χ2n) is 10.5. The number of nitrogens with zero attached hydrogens (tertiary/aromatic N) is 3. The Labute approximate surface area is 222 Å². The number of amides is 1. The van der Waals surface area contributed by atoms with Crippen LogP contribution in [0.2, 0.25) is 5.02 Å². The molecule has 0 radical (unpaired) electrons. The van der Waals surface area contributed by atoms with E-state index in [2.05, 4.69) is 32.7 Å². The minimum absolute atomic E-state index is 0.112. The standard InChI is InChI=1S/C27H31ClN5O3P/c1-33-16-27(14-24(33)34)12-18(13-27)17-9-10-22(36-2)21(11-17)31-26-29-15-19(28)25(32-26)30-20-7-5-6-8-23(20)37(3,4)35/h5-11,15,18H,12-14,16H2,1-4H3,(H2,29,30,31,32). The Kier molecular flexibility index (Phi) is 6.67. The predicted octanol–water partition coefficient (Wildman–Crippen LogP) is 5.60. The zero-order chi connectivity index (χ0) is 26.4. The molecule has 1 aromatic heterocycles. The highest BCUT2D eigenvalue weighted by molar-refractivity contribution is 7.70. The van der Waals surface area contributed by atoms with Crippen LogP contribution in [-0.2, 0) is 9.36 Å². The molecule has 1 saturated heterocycles. The molecule has 0 bridgehead atoms. The summed E-state index contributed by atoms with van der Waals surface area (Å²) in [5.74, 6) is 2.06. The normalized spacial score (nSPS) is 21.2. The number of rotatable bonds is 7. The van der Waals surface area contributed by atoms with Crippen molar-refractivity contribution < 1.29 is 14.1 Å². The Balaban J connectivity index is 1.37. The van der Waals surface area contributed by atoms with Gasteiger partial charge < -0.3 is 24.8 Å². The van der Waals surface area contributed by atoms with Gasteiger partial charge in [-0.2, -0.15) is 4.98 Å². The van der Waals surface area contributed by atoms with Gasteiger partial charge in [-0.1, -0.05) is 29.8 Å². The number of benzene rings is 2. The second-order valence-corrected chi connectivity index (χ2v) is 14.1. The van der Waals surface area contributed by atoms with Crippen molar-refractivity contribution in [3.8, 4) is 5.75 Å². The van der Waals surface area contributed by atoms with Gasteiger partial charge in [0.1, 0.15) is 17.9 Å². The molecule has 5 rings (SSSR count). The number of halogens is 1. The van der Waals surface area contributed by atoms with E-state index >= 15 is 0 Å². The quantitative estimate of drug-likeness (QED) is 0.377. The summed E-state index contributed by atoms with van der Waals surface area (Å²) >= 11 is 6.41. The first kappa shape index (κ1) is 25.6. The Morgan fingerprint density at radius 2 is 1.89 bits per heavy atom. The summed E-state index contributed by atoms with van der Waals surface area (Å²) in [6.07, 6.45) is 4.17. The van der Waals surface area contributed by atoms with E-state index in [1.165, 1.54) is 11.8 Å². The van der Waals surface area contributed by atoms with Crippen molar-refractivity contribution in [2.75, 3.05) is 44.7 Å². The number of likely N-dealkylation sites (tertiary alicyclic amines) is 1. The van der Waals surface area contributed by atoms with Gasteiger partial charge in [-0.15, -0.1) is 0 Å². The van der Waals surface area contributed by atoms with E-state index in [-0.39, 0.29) is 11.3 Å². The average Bonchev–Trinajstić information content (AvgIpc) is 3.14. The lowest BCUT2D eigenvalue weighted by Crippen LogP contribution is -2.37. The van der Waals surface area contributed by atoms with Crippen LogP contribution in [0.4, 0.5) is 23.1 Å². The number of carbonyl (C=O) groups excluding carboxylic acids is 1. The van der Waals surface area contributed by atoms with Crippen molar-refractivity contribution in [2.45, 2.75) is 25.2 Å². The van der Waals surface area contributed by atoms with Gasteiger partial charge in [0.25, 0.3) is 0 Å². The highest BCUT2D eigenvalue weighted by Crippen LogP contribution is 2.56. The van der Waals surface area contributed by atoms with E-state index in [4.69, 9.17) is 16.3 Å². The third kappa shape index (κ3) is 5.18. The van der Waals surface area contributed by atoms with Gasteiger partial charge in [0.2, 0.25) is 11.9 Å². The third-order valence-corrected chi connectivity index (χ3v) is 9.13. The van der Waals surface area contributed by atoms with E-state index in [1.807, 2.05) is 42.3 Å². The van der Waals surface area contributed by atoms with E-state index < -0.39 is 7.14 Å². The lowest BCUT2D eigenvalue weighted by atomic mass is 9.59. The number of anilines is 4. The molecule has 8 nitrogen and oxygen atoms in total. The molecule has 1 amide bonds. The van der Waals surface area contributed by atoms with Crippen molar-refractivity contribution >= 4 is 53.1 Å². The molecule has 2 heterocycles. The summed E-state index contributed by atoms with van der Waals surface area (Å²) in [5.41, 5.74) is 2.75. The molecule has 10 heteroatoms. The zero-order valence-electron chi connectivity index (χ0n) is 21.4. The number of para-hydroxylation sites is 1. The van der Waals surface area contributed by atoms with Crippen LogP contribution in [0.15, 0.2) is 48.7 Å². The number of nitrogens with one attached hydrogen (secondary N) is 2. The van der Waals surface area contributed by atoms with Gasteiger partial charge in [0.05, 0.1) is 24.7 Å². The molecular weight excluding hydrogens is 509 g/mol. The number of aromatic nitrogens is 2. The molecule has 1 aliphatic heterocycles. The molecule has 2 aromatic carbocycles. The minimum Gasteiger partial charge on any atom is -0.495 e. The van der Waals surface area contributed by atoms with Gasteiger partial charge >= 0.3 is 0 Å². The zero-order valence-corrected chi connectivity index (χ0v) is 23.1. The van der Waals surface area contributed by atoms with Crippen LogP contribution in [0.5, 0.6) is 5.75 Å². The molecule has 2 aliphatic rings. The molecular formula is C27H31ClN5O3P. The van der Waals surface area contributed by atoms with Crippen LogP contribution in [-0.4, -0.2) is 54.8 Å². The number of hydrogen-bond acceptors (Lipinski definition) is 7. The lowest BCUT2D eigenvalue weighted by molar-refractivity contribution is -0.126. The molecule has 2 N–H and O–H groups in total. The fraction of sp³-hybridized carbons (Fsp3) is 0.370. The van der Waals surface area contributed by atoms with Crippen LogP contribution in [0.25, 0.3) is 0 Å². The van der Waals surface area contributed by atoms with Crippen molar-refractivity contribution in [3.63, 3.8) is 0 Å².